The molecule has 36 heavy (non-hydrogen) atoms. The maximum Gasteiger partial charge on any atom is 0.199 e. The molecule has 3 N–H and O–H groups in total. The van der Waals surface area contributed by atoms with E-state index >= 15 is 0 Å². The zero-order valence-electron chi connectivity index (χ0n) is 19.3. The van der Waals surface area contributed by atoms with E-state index in [1.165, 1.54) is 0 Å². The van der Waals surface area contributed by atoms with E-state index < -0.39 is 6.29 Å². The second-order valence-corrected chi connectivity index (χ2v) is 9.65. The van der Waals surface area contributed by atoms with Crippen LogP contribution in [0.2, 0.25) is 0 Å². The van der Waals surface area contributed by atoms with Gasteiger partial charge in [0.25, 0.3) is 0 Å². The lowest BCUT2D eigenvalue weighted by Gasteiger charge is -2.28. The first-order chi connectivity index (χ1) is 17.4. The minimum Gasteiger partial charge on any atom is -0.375 e. The number of thiocarbonyl (C=S) groups is 1. The van der Waals surface area contributed by atoms with Gasteiger partial charge in [0, 0.05) is 24.2 Å². The molecule has 2 bridgehead atoms. The van der Waals surface area contributed by atoms with Crippen LogP contribution in [0, 0.1) is 4.77 Å². The highest BCUT2D eigenvalue weighted by molar-refractivity contribution is 7.80. The first-order valence-electron chi connectivity index (χ1n) is 11.5. The highest BCUT2D eigenvalue weighted by Gasteiger charge is 2.44. The number of hydrogen-bond acceptors (Lipinski definition) is 7. The molecule has 12 heteroatoms. The maximum atomic E-state index is 13.1. The number of nitrogens with one attached hydrogen (secondary N) is 1. The van der Waals surface area contributed by atoms with E-state index in [2.05, 4.69) is 15.1 Å². The van der Waals surface area contributed by atoms with Crippen molar-refractivity contribution in [3.63, 3.8) is 0 Å². The third kappa shape index (κ3) is 3.73. The smallest absolute Gasteiger partial charge is 0.199 e. The SMILES string of the molecule is Cn1c(Cn2c3ccccc3c(=O)c3ccccc32)nn(C2CC(=NNC(N)=S)C3OCC2O3)c1=S. The van der Waals surface area contributed by atoms with E-state index in [1.807, 2.05) is 64.8 Å². The Hall–Kier alpha value is -3.45. The Morgan fingerprint density at radius 3 is 2.53 bits per heavy atom. The number of nitrogens with two attached hydrogens (primary N) is 1. The van der Waals surface area contributed by atoms with E-state index in [9.17, 15) is 4.79 Å². The number of hydrazone groups is 1. The van der Waals surface area contributed by atoms with E-state index in [4.69, 9.17) is 44.7 Å². The van der Waals surface area contributed by atoms with Crippen LogP contribution in [-0.2, 0) is 23.1 Å². The molecule has 0 aliphatic carbocycles. The lowest BCUT2D eigenvalue weighted by atomic mass is 10.0. The number of aromatic nitrogens is 4. The fraction of sp³-hybridized carbons (Fsp3) is 0.292. The molecule has 2 aliphatic rings. The van der Waals surface area contributed by atoms with Gasteiger partial charge in [0.05, 0.1) is 35.9 Å². The average Bonchev–Trinajstić information content (AvgIpc) is 3.43. The quantitative estimate of drug-likeness (QED) is 0.239. The summed E-state index contributed by atoms with van der Waals surface area (Å²) >= 11 is 10.7. The Kier molecular flexibility index (Phi) is 5.67. The highest BCUT2D eigenvalue weighted by atomic mass is 32.1. The normalized spacial score (nSPS) is 22.5. The maximum absolute atomic E-state index is 13.1. The van der Waals surface area contributed by atoms with Crippen molar-refractivity contribution in [3.05, 3.63) is 69.3 Å². The molecule has 10 nitrogen and oxygen atoms in total. The number of fused-ring (bicyclic) bond motifs is 4. The second-order valence-electron chi connectivity index (χ2n) is 8.84. The van der Waals surface area contributed by atoms with E-state index in [-0.39, 0.29) is 22.7 Å². The van der Waals surface area contributed by atoms with Crippen molar-refractivity contribution >= 4 is 57.1 Å². The van der Waals surface area contributed by atoms with Gasteiger partial charge in [-0.25, -0.2) is 4.68 Å². The topological polar surface area (TPSA) is 114 Å². The molecule has 6 rings (SSSR count). The summed E-state index contributed by atoms with van der Waals surface area (Å²) in [5.74, 6) is 0.750. The summed E-state index contributed by atoms with van der Waals surface area (Å²) in [6, 6.07) is 15.0. The monoisotopic (exact) mass is 521 g/mol. The summed E-state index contributed by atoms with van der Waals surface area (Å²) in [6.07, 6.45) is -0.216. The fourth-order valence-corrected chi connectivity index (χ4v) is 5.28. The highest BCUT2D eigenvalue weighted by Crippen LogP contribution is 2.33. The first kappa shape index (κ1) is 23.0. The fourth-order valence-electron chi connectivity index (χ4n) is 4.95. The van der Waals surface area contributed by atoms with Crippen LogP contribution < -0.4 is 16.6 Å². The lowest BCUT2D eigenvalue weighted by molar-refractivity contribution is -0.0323. The predicted octanol–water partition coefficient (Wildman–Crippen LogP) is 2.34. The van der Waals surface area contributed by atoms with Gasteiger partial charge < -0.3 is 24.3 Å². The number of hydrogen-bond donors (Lipinski definition) is 2. The number of rotatable bonds is 4. The second kappa shape index (κ2) is 8.89. The van der Waals surface area contributed by atoms with Crippen molar-refractivity contribution in [1.82, 2.24) is 24.3 Å². The van der Waals surface area contributed by atoms with E-state index in [0.29, 0.717) is 40.8 Å². The van der Waals surface area contributed by atoms with E-state index in [0.717, 1.165) is 16.9 Å². The van der Waals surface area contributed by atoms with Gasteiger partial charge in [-0.2, -0.15) is 10.2 Å². The minimum absolute atomic E-state index is 0.0174. The van der Waals surface area contributed by atoms with Crippen molar-refractivity contribution in [2.75, 3.05) is 6.61 Å². The molecule has 2 saturated heterocycles. The van der Waals surface area contributed by atoms with E-state index in [1.54, 1.807) is 0 Å². The van der Waals surface area contributed by atoms with Crippen molar-refractivity contribution in [1.29, 1.82) is 0 Å². The zero-order chi connectivity index (χ0) is 25.0. The number of para-hydroxylation sites is 2. The summed E-state index contributed by atoms with van der Waals surface area (Å²) in [4.78, 5) is 13.1. The zero-order valence-corrected chi connectivity index (χ0v) is 21.0. The molecule has 4 heterocycles. The molecule has 3 atom stereocenters. The van der Waals surface area contributed by atoms with Gasteiger partial charge in [0.1, 0.15) is 6.10 Å². The average molecular weight is 522 g/mol. The number of benzene rings is 2. The van der Waals surface area contributed by atoms with Crippen molar-refractivity contribution < 1.29 is 9.47 Å². The molecule has 184 valence electrons. The van der Waals surface area contributed by atoms with Crippen LogP contribution in [0.15, 0.2) is 58.4 Å². The van der Waals surface area contributed by atoms with Crippen molar-refractivity contribution in [2.24, 2.45) is 17.9 Å². The van der Waals surface area contributed by atoms with Crippen LogP contribution in [0.5, 0.6) is 0 Å². The van der Waals surface area contributed by atoms with Crippen LogP contribution in [0.4, 0.5) is 0 Å². The summed E-state index contributed by atoms with van der Waals surface area (Å²) < 4.78 is 18.2. The van der Waals surface area contributed by atoms with Crippen molar-refractivity contribution in [3.8, 4) is 0 Å². The van der Waals surface area contributed by atoms with Crippen LogP contribution in [0.1, 0.15) is 18.3 Å². The Labute approximate surface area is 215 Å². The molecular formula is C24H23N7O3S2. The Morgan fingerprint density at radius 1 is 1.19 bits per heavy atom. The summed E-state index contributed by atoms with van der Waals surface area (Å²) in [5.41, 5.74) is 10.5. The molecule has 2 aliphatic heterocycles. The molecule has 4 aromatic rings. The third-order valence-corrected chi connectivity index (χ3v) is 7.28. The minimum atomic E-state index is -0.538. The van der Waals surface area contributed by atoms with Crippen LogP contribution >= 0.6 is 24.4 Å². The standard InChI is InChI=1S/C24H23N7O3S2/c1-29-20(11-30-16-8-4-2-6-13(16)21(32)14-7-3-5-9-17(14)30)28-31(24(29)36)18-10-15(26-27-23(25)35)22-33-12-19(18)34-22/h2-9,18-19,22H,10-12H2,1H3,(H3,25,27,35). The largest absolute Gasteiger partial charge is 0.375 e. The molecule has 2 fully saturated rings. The Balaban J connectivity index is 1.43. The Bertz CT molecular complexity index is 1610. The number of nitrogens with zero attached hydrogens (tertiary/aromatic N) is 5. The van der Waals surface area contributed by atoms with Gasteiger partial charge in [-0.15, -0.1) is 0 Å². The lowest BCUT2D eigenvalue weighted by Crippen LogP contribution is -2.39. The van der Waals surface area contributed by atoms with Crippen LogP contribution in [0.25, 0.3) is 21.8 Å². The predicted molar refractivity (Wildman–Crippen MR) is 142 cm³/mol. The molecule has 0 spiro atoms. The molecule has 0 radical (unpaired) electrons. The summed E-state index contributed by atoms with van der Waals surface area (Å²) in [7, 11) is 1.90. The van der Waals surface area contributed by atoms with Crippen LogP contribution in [0.3, 0.4) is 0 Å². The molecule has 0 amide bonds. The van der Waals surface area contributed by atoms with Crippen LogP contribution in [-0.4, -0.2) is 48.7 Å². The Morgan fingerprint density at radius 2 is 1.86 bits per heavy atom. The van der Waals surface area contributed by atoms with Gasteiger partial charge in [-0.1, -0.05) is 24.3 Å². The van der Waals surface area contributed by atoms with Gasteiger partial charge in [0.2, 0.25) is 0 Å². The number of pyridine rings is 1. The summed E-state index contributed by atoms with van der Waals surface area (Å²) in [5, 5.41) is 10.6. The molecule has 0 saturated carbocycles. The van der Waals surface area contributed by atoms with Gasteiger partial charge >= 0.3 is 0 Å². The number of ether oxygens (including phenoxy) is 2. The van der Waals surface area contributed by atoms with Gasteiger partial charge in [-0.05, 0) is 48.7 Å². The molecule has 2 aromatic heterocycles. The third-order valence-electron chi connectivity index (χ3n) is 6.73. The summed E-state index contributed by atoms with van der Waals surface area (Å²) in [6.45, 7) is 0.833. The molecular weight excluding hydrogens is 498 g/mol. The molecule has 2 aromatic carbocycles. The van der Waals surface area contributed by atoms with Gasteiger partial charge in [-0.3, -0.25) is 10.2 Å². The first-order valence-corrected chi connectivity index (χ1v) is 12.3. The van der Waals surface area contributed by atoms with Gasteiger partial charge in [0.15, 0.2) is 27.4 Å². The van der Waals surface area contributed by atoms with Crippen molar-refractivity contribution in [2.45, 2.75) is 31.4 Å². The molecule has 3 unspecified atom stereocenters.